The van der Waals surface area contributed by atoms with Crippen LogP contribution in [0.25, 0.3) is 0 Å². The number of aromatic nitrogens is 1. The number of fused-ring (bicyclic) bond motifs is 2. The number of morpholine rings is 1. The van der Waals surface area contributed by atoms with Crippen LogP contribution < -0.4 is 0 Å². The Morgan fingerprint density at radius 3 is 3.12 bits per heavy atom. The van der Waals surface area contributed by atoms with Gasteiger partial charge in [0, 0.05) is 57.2 Å². The van der Waals surface area contributed by atoms with Gasteiger partial charge in [0.05, 0.1) is 38.6 Å². The first kappa shape index (κ1) is 16.1. The van der Waals surface area contributed by atoms with E-state index in [1.807, 2.05) is 12.3 Å². The average molecular weight is 335 g/mol. The molecule has 4 heterocycles. The van der Waals surface area contributed by atoms with Crippen molar-refractivity contribution in [1.29, 1.82) is 0 Å². The van der Waals surface area contributed by atoms with E-state index in [9.17, 15) is 4.79 Å². The normalized spacial score (nSPS) is 28.2. The van der Waals surface area contributed by atoms with Crippen molar-refractivity contribution in [3.63, 3.8) is 0 Å². The van der Waals surface area contributed by atoms with Crippen LogP contribution >= 0.6 is 0 Å². The molecule has 0 amide bonds. The molecule has 0 unspecified atom stereocenters. The number of carbonyl (C=O) groups is 1. The van der Waals surface area contributed by atoms with Gasteiger partial charge in [0.1, 0.15) is 0 Å². The summed E-state index contributed by atoms with van der Waals surface area (Å²) >= 11 is 0. The van der Waals surface area contributed by atoms with Gasteiger partial charge in [0.2, 0.25) is 0 Å². The van der Waals surface area contributed by atoms with Crippen molar-refractivity contribution in [2.45, 2.75) is 25.3 Å². The van der Waals surface area contributed by atoms with E-state index in [2.05, 4.69) is 14.4 Å². The third kappa shape index (κ3) is 3.21. The summed E-state index contributed by atoms with van der Waals surface area (Å²) in [5.74, 6) is -0.290. The minimum atomic E-state index is -0.290. The fraction of sp³-hybridized carbons (Fsp3) is 0.706. The van der Waals surface area contributed by atoms with E-state index >= 15 is 0 Å². The van der Waals surface area contributed by atoms with Gasteiger partial charge in [-0.2, -0.15) is 0 Å². The van der Waals surface area contributed by atoms with Crippen LogP contribution in [-0.4, -0.2) is 85.5 Å². The van der Waals surface area contributed by atoms with Gasteiger partial charge in [-0.3, -0.25) is 9.80 Å². The molecular weight excluding hydrogens is 310 g/mol. The Kier molecular flexibility index (Phi) is 4.58. The summed E-state index contributed by atoms with van der Waals surface area (Å²) in [6.07, 6.45) is 2.04. The van der Waals surface area contributed by atoms with E-state index in [0.717, 1.165) is 58.2 Å². The third-order valence-electron chi connectivity index (χ3n) is 5.26. The highest BCUT2D eigenvalue weighted by atomic mass is 16.5. The first-order chi connectivity index (χ1) is 11.7. The van der Waals surface area contributed by atoms with Crippen LogP contribution in [0.15, 0.2) is 12.3 Å². The van der Waals surface area contributed by atoms with Crippen LogP contribution in [0.4, 0.5) is 0 Å². The second kappa shape index (κ2) is 6.84. The Morgan fingerprint density at radius 2 is 2.25 bits per heavy atom. The SMILES string of the molecule is COC(=O)c1cc2n(c1)C[C@H](CN1CCN3CCOC[C@H]3C1)OC2. The second-order valence-electron chi connectivity index (χ2n) is 6.82. The lowest BCUT2D eigenvalue weighted by Crippen LogP contribution is -2.59. The summed E-state index contributed by atoms with van der Waals surface area (Å²) in [6, 6.07) is 2.38. The Morgan fingerprint density at radius 1 is 1.33 bits per heavy atom. The topological polar surface area (TPSA) is 56.2 Å². The molecule has 7 heteroatoms. The zero-order valence-corrected chi connectivity index (χ0v) is 14.1. The molecule has 3 aliphatic rings. The average Bonchev–Trinajstić information content (AvgIpc) is 3.04. The molecule has 0 saturated carbocycles. The highest BCUT2D eigenvalue weighted by molar-refractivity contribution is 5.89. The first-order valence-electron chi connectivity index (χ1n) is 8.66. The number of hydrogen-bond donors (Lipinski definition) is 0. The van der Waals surface area contributed by atoms with E-state index in [0.29, 0.717) is 18.2 Å². The summed E-state index contributed by atoms with van der Waals surface area (Å²) in [6.45, 7) is 8.27. The fourth-order valence-electron chi connectivity index (χ4n) is 3.92. The number of rotatable bonds is 3. The van der Waals surface area contributed by atoms with Crippen molar-refractivity contribution >= 4 is 5.97 Å². The van der Waals surface area contributed by atoms with Gasteiger partial charge in [-0.05, 0) is 6.07 Å². The molecular formula is C17H25N3O4. The molecule has 0 radical (unpaired) electrons. The maximum Gasteiger partial charge on any atom is 0.339 e. The lowest BCUT2D eigenvalue weighted by molar-refractivity contribution is -0.0655. The van der Waals surface area contributed by atoms with Crippen LogP contribution in [0.5, 0.6) is 0 Å². The van der Waals surface area contributed by atoms with Gasteiger partial charge in [0.15, 0.2) is 0 Å². The maximum atomic E-state index is 11.7. The third-order valence-corrected chi connectivity index (χ3v) is 5.26. The Labute approximate surface area is 142 Å². The summed E-state index contributed by atoms with van der Waals surface area (Å²) < 4.78 is 18.5. The standard InChI is InChI=1S/C17H25N3O4/c1-22-17(21)13-6-14-12-24-16(10-20(14)7-13)9-18-2-3-19-4-5-23-11-15(19)8-18/h6-7,15-16H,2-5,8-12H2,1H3/t15-,16+/m1/s1. The minimum Gasteiger partial charge on any atom is -0.465 e. The molecule has 0 bridgehead atoms. The lowest BCUT2D eigenvalue weighted by Gasteiger charge is -2.44. The summed E-state index contributed by atoms with van der Waals surface area (Å²) in [5, 5.41) is 0. The molecule has 0 aliphatic carbocycles. The summed E-state index contributed by atoms with van der Waals surface area (Å²) in [7, 11) is 1.41. The Bertz CT molecular complexity index is 603. The van der Waals surface area contributed by atoms with E-state index in [4.69, 9.17) is 14.2 Å². The fourth-order valence-corrected chi connectivity index (χ4v) is 3.92. The number of ether oxygens (including phenoxy) is 3. The number of hydrogen-bond acceptors (Lipinski definition) is 6. The van der Waals surface area contributed by atoms with Crippen LogP contribution in [0.2, 0.25) is 0 Å². The molecule has 0 N–H and O–H groups in total. The van der Waals surface area contributed by atoms with Gasteiger partial charge >= 0.3 is 5.97 Å². The predicted molar refractivity (Wildman–Crippen MR) is 87.0 cm³/mol. The lowest BCUT2D eigenvalue weighted by atomic mass is 10.1. The van der Waals surface area contributed by atoms with Crippen LogP contribution in [0, 0.1) is 0 Å². The molecule has 3 aliphatic heterocycles. The molecule has 2 saturated heterocycles. The number of carbonyl (C=O) groups excluding carboxylic acids is 1. The highest BCUT2D eigenvalue weighted by Crippen LogP contribution is 2.20. The molecule has 24 heavy (non-hydrogen) atoms. The monoisotopic (exact) mass is 335 g/mol. The zero-order valence-electron chi connectivity index (χ0n) is 14.1. The maximum absolute atomic E-state index is 11.7. The molecule has 1 aromatic heterocycles. The largest absolute Gasteiger partial charge is 0.465 e. The predicted octanol–water partition coefficient (Wildman–Crippen LogP) is 0.190. The van der Waals surface area contributed by atoms with Gasteiger partial charge in [0.25, 0.3) is 0 Å². The van der Waals surface area contributed by atoms with Crippen LogP contribution in [-0.2, 0) is 27.4 Å². The quantitative estimate of drug-likeness (QED) is 0.735. The first-order valence-corrected chi connectivity index (χ1v) is 8.66. The van der Waals surface area contributed by atoms with Gasteiger partial charge in [-0.25, -0.2) is 4.79 Å². The number of methoxy groups -OCH3 is 1. The summed E-state index contributed by atoms with van der Waals surface area (Å²) in [5.41, 5.74) is 1.64. The van der Waals surface area contributed by atoms with E-state index in [1.54, 1.807) is 0 Å². The zero-order chi connectivity index (χ0) is 16.5. The molecule has 1 aromatic rings. The van der Waals surface area contributed by atoms with Crippen LogP contribution in [0.3, 0.4) is 0 Å². The second-order valence-corrected chi connectivity index (χ2v) is 6.82. The molecule has 2 atom stereocenters. The smallest absolute Gasteiger partial charge is 0.339 e. The van der Waals surface area contributed by atoms with Crippen LogP contribution in [0.1, 0.15) is 16.1 Å². The van der Waals surface area contributed by atoms with E-state index in [1.165, 1.54) is 7.11 Å². The Hall–Kier alpha value is -1.41. The van der Waals surface area contributed by atoms with E-state index in [-0.39, 0.29) is 12.1 Å². The van der Waals surface area contributed by atoms with Crippen molar-refractivity contribution in [2.24, 2.45) is 0 Å². The van der Waals surface area contributed by atoms with Gasteiger partial charge < -0.3 is 18.8 Å². The molecule has 132 valence electrons. The molecule has 7 nitrogen and oxygen atoms in total. The molecule has 4 rings (SSSR count). The molecule has 0 spiro atoms. The highest BCUT2D eigenvalue weighted by Gasteiger charge is 2.31. The van der Waals surface area contributed by atoms with Crippen molar-refractivity contribution in [2.75, 3.05) is 53.0 Å². The minimum absolute atomic E-state index is 0.159. The van der Waals surface area contributed by atoms with Crippen molar-refractivity contribution < 1.29 is 19.0 Å². The van der Waals surface area contributed by atoms with Crippen molar-refractivity contribution in [3.8, 4) is 0 Å². The van der Waals surface area contributed by atoms with Gasteiger partial charge in [-0.1, -0.05) is 0 Å². The van der Waals surface area contributed by atoms with Gasteiger partial charge in [-0.15, -0.1) is 0 Å². The molecule has 0 aromatic carbocycles. The molecule has 2 fully saturated rings. The number of esters is 1. The van der Waals surface area contributed by atoms with E-state index < -0.39 is 0 Å². The number of nitrogens with zero attached hydrogens (tertiary/aromatic N) is 3. The van der Waals surface area contributed by atoms with Crippen molar-refractivity contribution in [1.82, 2.24) is 14.4 Å². The van der Waals surface area contributed by atoms with Crippen molar-refractivity contribution in [3.05, 3.63) is 23.5 Å². The number of piperazine rings is 1. The summed E-state index contributed by atoms with van der Waals surface area (Å²) in [4.78, 5) is 16.7. The Balaban J connectivity index is 1.35.